The lowest BCUT2D eigenvalue weighted by Crippen LogP contribution is -2.21. The van der Waals surface area contributed by atoms with E-state index in [4.69, 9.17) is 5.73 Å². The van der Waals surface area contributed by atoms with Crippen LogP contribution >= 0.6 is 22.6 Å². The van der Waals surface area contributed by atoms with Gasteiger partial charge in [0.05, 0.1) is 15.3 Å². The van der Waals surface area contributed by atoms with Gasteiger partial charge in [-0.3, -0.25) is 0 Å². The molecule has 4 heteroatoms. The summed E-state index contributed by atoms with van der Waals surface area (Å²) < 4.78 is 3.19. The highest BCUT2D eigenvalue weighted by molar-refractivity contribution is 14.1. The average Bonchev–Trinajstić information content (AvgIpc) is 2.57. The normalized spacial score (nSPS) is 25.9. The molecule has 0 aromatic carbocycles. The van der Waals surface area contributed by atoms with Crippen molar-refractivity contribution < 1.29 is 0 Å². The summed E-state index contributed by atoms with van der Waals surface area (Å²) in [5.41, 5.74) is 7.18. The maximum atomic E-state index is 6.11. The van der Waals surface area contributed by atoms with Crippen molar-refractivity contribution in [2.24, 2.45) is 5.92 Å². The Balaban J connectivity index is 2.20. The van der Waals surface area contributed by atoms with E-state index in [1.54, 1.807) is 0 Å². The van der Waals surface area contributed by atoms with Crippen molar-refractivity contribution in [3.05, 3.63) is 9.26 Å². The van der Waals surface area contributed by atoms with Crippen LogP contribution in [0.2, 0.25) is 0 Å². The minimum atomic E-state index is 0.529. The molecule has 1 fully saturated rings. The lowest BCUT2D eigenvalue weighted by molar-refractivity contribution is 0.249. The molecule has 2 atom stereocenters. The first kappa shape index (κ1) is 12.2. The van der Waals surface area contributed by atoms with Gasteiger partial charge in [0.25, 0.3) is 0 Å². The van der Waals surface area contributed by atoms with E-state index in [9.17, 15) is 0 Å². The predicted molar refractivity (Wildman–Crippen MR) is 75.4 cm³/mol. The monoisotopic (exact) mass is 333 g/mol. The van der Waals surface area contributed by atoms with Crippen LogP contribution < -0.4 is 5.73 Å². The number of aromatic nitrogens is 2. The van der Waals surface area contributed by atoms with E-state index >= 15 is 0 Å². The third-order valence-corrected chi connectivity index (χ3v) is 5.06. The van der Waals surface area contributed by atoms with Crippen LogP contribution in [0.5, 0.6) is 0 Å². The first-order chi connectivity index (χ1) is 7.63. The van der Waals surface area contributed by atoms with E-state index < -0.39 is 0 Å². The summed E-state index contributed by atoms with van der Waals surface area (Å²) in [6.07, 6.45) is 6.46. The lowest BCUT2D eigenvalue weighted by atomic mass is 9.84. The summed E-state index contributed by atoms with van der Waals surface area (Å²) >= 11 is 2.29. The van der Waals surface area contributed by atoms with Gasteiger partial charge in [-0.05, 0) is 48.3 Å². The second-order valence-corrected chi connectivity index (χ2v) is 5.90. The third kappa shape index (κ3) is 2.21. The van der Waals surface area contributed by atoms with Crippen molar-refractivity contribution >= 4 is 28.4 Å². The Morgan fingerprint density at radius 2 is 2.25 bits per heavy atom. The summed E-state index contributed by atoms with van der Waals surface area (Å²) in [5, 5.41) is 4.59. The van der Waals surface area contributed by atoms with E-state index in [1.807, 2.05) is 6.92 Å². The smallest absolute Gasteiger partial charge is 0.135 e. The fraction of sp³-hybridized carbons (Fsp3) is 0.750. The zero-order valence-corrected chi connectivity index (χ0v) is 12.2. The van der Waals surface area contributed by atoms with Crippen LogP contribution in [0.15, 0.2) is 0 Å². The van der Waals surface area contributed by atoms with Crippen molar-refractivity contribution in [1.82, 2.24) is 9.78 Å². The molecule has 0 amide bonds. The van der Waals surface area contributed by atoms with Crippen LogP contribution in [0.25, 0.3) is 0 Å². The van der Waals surface area contributed by atoms with E-state index in [-0.39, 0.29) is 0 Å². The van der Waals surface area contributed by atoms with E-state index in [2.05, 4.69) is 39.3 Å². The van der Waals surface area contributed by atoms with Crippen molar-refractivity contribution in [2.75, 3.05) is 5.73 Å². The van der Waals surface area contributed by atoms with Crippen LogP contribution in [-0.4, -0.2) is 9.78 Å². The lowest BCUT2D eigenvalue weighted by Gasteiger charge is -2.29. The van der Waals surface area contributed by atoms with Gasteiger partial charge < -0.3 is 5.73 Å². The maximum Gasteiger partial charge on any atom is 0.135 e. The third-order valence-electron chi connectivity index (χ3n) is 3.73. The number of nitrogen functional groups attached to an aromatic ring is 1. The Morgan fingerprint density at radius 1 is 1.50 bits per heavy atom. The molecule has 0 radical (unpaired) electrons. The van der Waals surface area contributed by atoms with Gasteiger partial charge in [0.15, 0.2) is 0 Å². The number of anilines is 1. The quantitative estimate of drug-likeness (QED) is 0.842. The number of hydrogen-bond donors (Lipinski definition) is 1. The van der Waals surface area contributed by atoms with E-state index in [0.717, 1.165) is 21.0 Å². The van der Waals surface area contributed by atoms with Gasteiger partial charge in [0.1, 0.15) is 5.82 Å². The minimum absolute atomic E-state index is 0.529. The van der Waals surface area contributed by atoms with Crippen LogP contribution in [0, 0.1) is 16.4 Å². The van der Waals surface area contributed by atoms with Crippen molar-refractivity contribution in [3.8, 4) is 0 Å². The Labute approximate surface area is 111 Å². The Kier molecular flexibility index (Phi) is 3.77. The Bertz CT molecular complexity index is 373. The van der Waals surface area contributed by atoms with Crippen molar-refractivity contribution in [2.45, 2.75) is 52.0 Å². The van der Waals surface area contributed by atoms with Gasteiger partial charge in [-0.25, -0.2) is 4.68 Å². The van der Waals surface area contributed by atoms with Crippen LogP contribution in [0.1, 0.15) is 50.8 Å². The van der Waals surface area contributed by atoms with Gasteiger partial charge >= 0.3 is 0 Å². The van der Waals surface area contributed by atoms with Gasteiger partial charge in [-0.2, -0.15) is 5.10 Å². The number of nitrogens with two attached hydrogens (primary N) is 1. The standard InChI is InChI=1S/C12H20IN3/c1-3-9-5-4-6-10(7-9)16-12(14)11(13)8(2)15-16/h9-10H,3-7,14H2,1-2H3. The molecule has 1 aliphatic rings. The van der Waals surface area contributed by atoms with Gasteiger partial charge in [-0.15, -0.1) is 0 Å². The van der Waals surface area contributed by atoms with Gasteiger partial charge in [0.2, 0.25) is 0 Å². The van der Waals surface area contributed by atoms with E-state index in [0.29, 0.717) is 6.04 Å². The molecule has 16 heavy (non-hydrogen) atoms. The molecule has 3 nitrogen and oxygen atoms in total. The topological polar surface area (TPSA) is 43.8 Å². The molecule has 1 aliphatic carbocycles. The largest absolute Gasteiger partial charge is 0.383 e. The molecule has 2 unspecified atom stereocenters. The molecule has 2 N–H and O–H groups in total. The van der Waals surface area contributed by atoms with Crippen LogP contribution in [-0.2, 0) is 0 Å². The molecule has 0 aliphatic heterocycles. The molecular weight excluding hydrogens is 313 g/mol. The Hall–Kier alpha value is -0.260. The summed E-state index contributed by atoms with van der Waals surface area (Å²) in [5.74, 6) is 1.72. The van der Waals surface area contributed by atoms with Crippen LogP contribution in [0.3, 0.4) is 0 Å². The minimum Gasteiger partial charge on any atom is -0.383 e. The molecule has 1 aromatic rings. The molecule has 1 aromatic heterocycles. The molecule has 1 saturated carbocycles. The average molecular weight is 333 g/mol. The predicted octanol–water partition coefficient (Wildman–Crippen LogP) is 3.52. The summed E-state index contributed by atoms with van der Waals surface area (Å²) in [6.45, 7) is 4.32. The highest BCUT2D eigenvalue weighted by Crippen LogP contribution is 2.36. The molecule has 2 rings (SSSR count). The van der Waals surface area contributed by atoms with Crippen LogP contribution in [0.4, 0.5) is 5.82 Å². The van der Waals surface area contributed by atoms with Gasteiger partial charge in [-0.1, -0.05) is 26.2 Å². The van der Waals surface area contributed by atoms with Crippen molar-refractivity contribution in [1.29, 1.82) is 0 Å². The van der Waals surface area contributed by atoms with Crippen molar-refractivity contribution in [3.63, 3.8) is 0 Å². The molecule has 1 heterocycles. The number of nitrogens with zero attached hydrogens (tertiary/aromatic N) is 2. The summed E-state index contributed by atoms with van der Waals surface area (Å²) in [7, 11) is 0. The molecule has 0 bridgehead atoms. The van der Waals surface area contributed by atoms with Gasteiger partial charge in [0, 0.05) is 0 Å². The fourth-order valence-electron chi connectivity index (χ4n) is 2.68. The SMILES string of the molecule is CCC1CCCC(n2nc(C)c(I)c2N)C1. The number of aryl methyl sites for hydroxylation is 1. The highest BCUT2D eigenvalue weighted by Gasteiger charge is 2.25. The zero-order chi connectivity index (χ0) is 11.7. The first-order valence-electron chi connectivity index (χ1n) is 6.13. The number of rotatable bonds is 2. The second kappa shape index (κ2) is 4.94. The van der Waals surface area contributed by atoms with E-state index in [1.165, 1.54) is 32.1 Å². The maximum absolute atomic E-state index is 6.11. The molecule has 0 spiro atoms. The molecule has 90 valence electrons. The Morgan fingerprint density at radius 3 is 2.81 bits per heavy atom. The number of hydrogen-bond acceptors (Lipinski definition) is 2. The first-order valence-corrected chi connectivity index (χ1v) is 7.21. The zero-order valence-electron chi connectivity index (χ0n) is 10.0. The highest BCUT2D eigenvalue weighted by atomic mass is 127. The summed E-state index contributed by atoms with van der Waals surface area (Å²) in [6, 6.07) is 0.529. The number of halogens is 1. The fourth-order valence-corrected chi connectivity index (χ4v) is 3.03. The summed E-state index contributed by atoms with van der Waals surface area (Å²) in [4.78, 5) is 0. The second-order valence-electron chi connectivity index (χ2n) is 4.82. The molecular formula is C12H20IN3. The molecule has 0 saturated heterocycles.